The molecule has 0 saturated carbocycles. The number of nitrogens with zero attached hydrogens (tertiary/aromatic N) is 2. The summed E-state index contributed by atoms with van der Waals surface area (Å²) in [4.78, 5) is 3.65. The molecule has 0 saturated heterocycles. The summed E-state index contributed by atoms with van der Waals surface area (Å²) < 4.78 is 26.9. The number of aryl methyl sites for hydroxylation is 1. The van der Waals surface area contributed by atoms with Gasteiger partial charge < -0.3 is 5.73 Å². The van der Waals surface area contributed by atoms with Crippen LogP contribution in [0.3, 0.4) is 0 Å². The van der Waals surface area contributed by atoms with E-state index in [0.29, 0.717) is 16.8 Å². The first-order valence-electron chi connectivity index (χ1n) is 5.68. The van der Waals surface area contributed by atoms with E-state index in [1.165, 1.54) is 24.4 Å². The maximum Gasteiger partial charge on any atom is 0.265 e. The highest BCUT2D eigenvalue weighted by atomic mass is 32.2. The molecule has 0 amide bonds. The third-order valence-corrected chi connectivity index (χ3v) is 4.11. The van der Waals surface area contributed by atoms with Crippen LogP contribution >= 0.6 is 0 Å². The lowest BCUT2D eigenvalue weighted by Crippen LogP contribution is -2.16. The maximum atomic E-state index is 12.3. The fourth-order valence-electron chi connectivity index (χ4n) is 1.63. The molecule has 7 heteroatoms. The average Bonchev–Trinajstić information content (AvgIpc) is 2.41. The zero-order valence-corrected chi connectivity index (χ0v) is 11.5. The van der Waals surface area contributed by atoms with Gasteiger partial charge in [0.05, 0.1) is 17.3 Å². The smallest absolute Gasteiger partial charge is 0.265 e. The van der Waals surface area contributed by atoms with Crippen molar-refractivity contribution in [3.63, 3.8) is 0 Å². The second kappa shape index (κ2) is 5.19. The molecular weight excluding hydrogens is 276 g/mol. The fourth-order valence-corrected chi connectivity index (χ4v) is 2.84. The Hall–Kier alpha value is -2.59. The normalized spacial score (nSPS) is 10.8. The molecule has 0 atom stereocenters. The van der Waals surface area contributed by atoms with E-state index in [1.54, 1.807) is 19.1 Å². The number of hydrogen-bond donors (Lipinski definition) is 2. The number of rotatable bonds is 3. The maximum absolute atomic E-state index is 12.3. The standard InChI is InChI=1S/C13H12N4O2S/c1-9-4-5-10(8-14)7-11(9)17-20(18,19)12-3-2-6-16-13(12)15/h2-7,17H,1H3,(H2,15,16). The Kier molecular flexibility index (Phi) is 3.59. The number of pyridine rings is 1. The van der Waals surface area contributed by atoms with Crippen molar-refractivity contribution < 1.29 is 8.42 Å². The summed E-state index contributed by atoms with van der Waals surface area (Å²) >= 11 is 0. The Morgan fingerprint density at radius 2 is 2.10 bits per heavy atom. The first-order valence-corrected chi connectivity index (χ1v) is 7.16. The van der Waals surface area contributed by atoms with E-state index in [4.69, 9.17) is 11.0 Å². The second-order valence-electron chi connectivity index (χ2n) is 4.13. The van der Waals surface area contributed by atoms with Crippen LogP contribution in [0.4, 0.5) is 11.5 Å². The quantitative estimate of drug-likeness (QED) is 0.892. The Labute approximate surface area is 116 Å². The Morgan fingerprint density at radius 1 is 1.35 bits per heavy atom. The molecule has 0 fully saturated rings. The molecule has 2 aromatic rings. The van der Waals surface area contributed by atoms with Crippen molar-refractivity contribution in [2.45, 2.75) is 11.8 Å². The van der Waals surface area contributed by atoms with Gasteiger partial charge in [-0.3, -0.25) is 4.72 Å². The molecule has 0 spiro atoms. The largest absolute Gasteiger partial charge is 0.383 e. The van der Waals surface area contributed by atoms with Crippen molar-refractivity contribution in [3.8, 4) is 6.07 Å². The van der Waals surface area contributed by atoms with Gasteiger partial charge >= 0.3 is 0 Å². The fraction of sp³-hybridized carbons (Fsp3) is 0.0769. The van der Waals surface area contributed by atoms with Gasteiger partial charge in [0.2, 0.25) is 0 Å². The number of hydrogen-bond acceptors (Lipinski definition) is 5. The highest BCUT2D eigenvalue weighted by molar-refractivity contribution is 7.92. The van der Waals surface area contributed by atoms with Crippen LogP contribution in [-0.2, 0) is 10.0 Å². The lowest BCUT2D eigenvalue weighted by molar-refractivity contribution is 0.601. The third kappa shape index (κ3) is 2.70. The van der Waals surface area contributed by atoms with Gasteiger partial charge in [-0.1, -0.05) is 6.07 Å². The van der Waals surface area contributed by atoms with Crippen LogP contribution in [0.15, 0.2) is 41.4 Å². The summed E-state index contributed by atoms with van der Waals surface area (Å²) in [6, 6.07) is 9.58. The van der Waals surface area contributed by atoms with Crippen molar-refractivity contribution in [2.24, 2.45) is 0 Å². The van der Waals surface area contributed by atoms with Crippen molar-refractivity contribution in [1.29, 1.82) is 5.26 Å². The highest BCUT2D eigenvalue weighted by Gasteiger charge is 2.18. The van der Waals surface area contributed by atoms with E-state index in [9.17, 15) is 8.42 Å². The number of benzene rings is 1. The monoisotopic (exact) mass is 288 g/mol. The first-order chi connectivity index (χ1) is 9.44. The van der Waals surface area contributed by atoms with Crippen LogP contribution in [0.1, 0.15) is 11.1 Å². The van der Waals surface area contributed by atoms with E-state index >= 15 is 0 Å². The van der Waals surface area contributed by atoms with Gasteiger partial charge in [0.25, 0.3) is 10.0 Å². The zero-order valence-electron chi connectivity index (χ0n) is 10.7. The van der Waals surface area contributed by atoms with Crippen LogP contribution < -0.4 is 10.5 Å². The minimum atomic E-state index is -3.84. The van der Waals surface area contributed by atoms with Crippen LogP contribution in [-0.4, -0.2) is 13.4 Å². The summed E-state index contributed by atoms with van der Waals surface area (Å²) in [7, 11) is -3.84. The molecule has 6 nitrogen and oxygen atoms in total. The summed E-state index contributed by atoms with van der Waals surface area (Å²) in [6.07, 6.45) is 1.41. The van der Waals surface area contributed by atoms with Crippen LogP contribution in [0, 0.1) is 18.3 Å². The van der Waals surface area contributed by atoms with Crippen LogP contribution in [0.5, 0.6) is 0 Å². The Balaban J connectivity index is 2.44. The van der Waals surface area contributed by atoms with E-state index in [2.05, 4.69) is 9.71 Å². The minimum absolute atomic E-state index is 0.0749. The van der Waals surface area contributed by atoms with E-state index in [1.807, 2.05) is 6.07 Å². The molecular formula is C13H12N4O2S. The number of nitrogen functional groups attached to an aromatic ring is 1. The highest BCUT2D eigenvalue weighted by Crippen LogP contribution is 2.22. The molecule has 20 heavy (non-hydrogen) atoms. The third-order valence-electron chi connectivity index (χ3n) is 2.70. The second-order valence-corrected chi connectivity index (χ2v) is 5.78. The van der Waals surface area contributed by atoms with Gasteiger partial charge in [0, 0.05) is 6.20 Å². The molecule has 1 aromatic carbocycles. The van der Waals surface area contributed by atoms with E-state index in [0.717, 1.165) is 0 Å². The van der Waals surface area contributed by atoms with Crippen LogP contribution in [0.25, 0.3) is 0 Å². The molecule has 0 aliphatic carbocycles. The zero-order chi connectivity index (χ0) is 14.8. The van der Waals surface area contributed by atoms with Crippen molar-refractivity contribution in [3.05, 3.63) is 47.7 Å². The van der Waals surface area contributed by atoms with Gasteiger partial charge in [0.1, 0.15) is 10.7 Å². The molecule has 102 valence electrons. The summed E-state index contributed by atoms with van der Waals surface area (Å²) in [5, 5.41) is 8.86. The lowest BCUT2D eigenvalue weighted by Gasteiger charge is -2.11. The molecule has 0 bridgehead atoms. The number of nitrogens with two attached hydrogens (primary N) is 1. The van der Waals surface area contributed by atoms with E-state index in [-0.39, 0.29) is 10.7 Å². The van der Waals surface area contributed by atoms with Gasteiger partial charge in [-0.05, 0) is 36.8 Å². The first kappa shape index (κ1) is 13.8. The SMILES string of the molecule is Cc1ccc(C#N)cc1NS(=O)(=O)c1cccnc1N. The Morgan fingerprint density at radius 3 is 2.75 bits per heavy atom. The summed E-state index contributed by atoms with van der Waals surface area (Å²) in [5.74, 6) is -0.0749. The number of nitrogens with one attached hydrogen (secondary N) is 1. The molecule has 0 unspecified atom stereocenters. The van der Waals surface area contributed by atoms with Crippen molar-refractivity contribution in [2.75, 3.05) is 10.5 Å². The van der Waals surface area contributed by atoms with Crippen molar-refractivity contribution in [1.82, 2.24) is 4.98 Å². The van der Waals surface area contributed by atoms with E-state index < -0.39 is 10.0 Å². The molecule has 1 heterocycles. The predicted molar refractivity (Wildman–Crippen MR) is 75.4 cm³/mol. The molecule has 3 N–H and O–H groups in total. The molecule has 0 aliphatic rings. The molecule has 0 aliphatic heterocycles. The van der Waals surface area contributed by atoms with Gasteiger partial charge in [-0.2, -0.15) is 5.26 Å². The Bertz CT molecular complexity index is 794. The van der Waals surface area contributed by atoms with Gasteiger partial charge in [-0.25, -0.2) is 13.4 Å². The number of nitriles is 1. The van der Waals surface area contributed by atoms with Crippen LogP contribution in [0.2, 0.25) is 0 Å². The summed E-state index contributed by atoms with van der Waals surface area (Å²) in [5.41, 5.74) is 6.98. The number of sulfonamides is 1. The molecule has 1 aromatic heterocycles. The number of anilines is 2. The predicted octanol–water partition coefficient (Wildman–Crippen LogP) is 1.64. The average molecular weight is 288 g/mol. The topological polar surface area (TPSA) is 109 Å². The molecule has 2 rings (SSSR count). The molecule has 0 radical (unpaired) electrons. The van der Waals surface area contributed by atoms with Crippen molar-refractivity contribution >= 4 is 21.5 Å². The summed E-state index contributed by atoms with van der Waals surface area (Å²) in [6.45, 7) is 1.74. The van der Waals surface area contributed by atoms with Gasteiger partial charge in [-0.15, -0.1) is 0 Å². The van der Waals surface area contributed by atoms with Gasteiger partial charge in [0.15, 0.2) is 0 Å². The minimum Gasteiger partial charge on any atom is -0.383 e. The number of aromatic nitrogens is 1. The lowest BCUT2D eigenvalue weighted by atomic mass is 10.1.